The van der Waals surface area contributed by atoms with E-state index < -0.39 is 22.1 Å². The minimum absolute atomic E-state index is 0.0297. The quantitative estimate of drug-likeness (QED) is 0.320. The standard InChI is InChI=1S/C19H14ClF2N5O4/c1-27(14-13(15(28)16(14)29)23-6-11-7-24-30-9-11)8-10-2-4-12(5-3-10)17-25-18(31-26-17)19(20,21)22/h2-5,7,9,23H,6,8H2,1H3. The zero-order valence-electron chi connectivity index (χ0n) is 15.9. The average molecular weight is 450 g/mol. The number of aromatic nitrogens is 3. The van der Waals surface area contributed by atoms with Gasteiger partial charge in [-0.2, -0.15) is 13.8 Å². The van der Waals surface area contributed by atoms with Crippen LogP contribution in [0.25, 0.3) is 11.4 Å². The molecule has 0 aliphatic rings. The molecule has 2 aromatic carbocycles. The molecule has 0 atom stereocenters. The van der Waals surface area contributed by atoms with Gasteiger partial charge in [0.25, 0.3) is 10.9 Å². The molecule has 9 nitrogen and oxygen atoms in total. The minimum Gasteiger partial charge on any atom is -0.376 e. The van der Waals surface area contributed by atoms with E-state index in [1.165, 1.54) is 12.5 Å². The van der Waals surface area contributed by atoms with E-state index in [-0.39, 0.29) is 23.7 Å². The minimum atomic E-state index is -3.74. The summed E-state index contributed by atoms with van der Waals surface area (Å²) in [5.74, 6) is -1.02. The Morgan fingerprint density at radius 1 is 1.16 bits per heavy atom. The highest BCUT2D eigenvalue weighted by Gasteiger charge is 2.35. The molecular formula is C19H14ClF2N5O4. The lowest BCUT2D eigenvalue weighted by Gasteiger charge is -2.23. The van der Waals surface area contributed by atoms with Crippen LogP contribution in [0.3, 0.4) is 0 Å². The van der Waals surface area contributed by atoms with E-state index in [1.54, 1.807) is 36.2 Å². The largest absolute Gasteiger partial charge is 0.400 e. The van der Waals surface area contributed by atoms with Gasteiger partial charge in [-0.25, -0.2) is 0 Å². The Kier molecular flexibility index (Phi) is 5.27. The lowest BCUT2D eigenvalue weighted by Crippen LogP contribution is -2.41. The lowest BCUT2D eigenvalue weighted by molar-refractivity contribution is 0.0551. The molecule has 0 spiro atoms. The maximum atomic E-state index is 13.0. The zero-order valence-corrected chi connectivity index (χ0v) is 16.7. The monoisotopic (exact) mass is 449 g/mol. The van der Waals surface area contributed by atoms with E-state index in [0.717, 1.165) is 11.1 Å². The summed E-state index contributed by atoms with van der Waals surface area (Å²) in [6.45, 7) is 0.613. The van der Waals surface area contributed by atoms with Crippen LogP contribution in [0, 0.1) is 0 Å². The molecule has 160 valence electrons. The third kappa shape index (κ3) is 4.17. The van der Waals surface area contributed by atoms with Crippen molar-refractivity contribution < 1.29 is 17.8 Å². The number of nitrogens with zero attached hydrogens (tertiary/aromatic N) is 4. The van der Waals surface area contributed by atoms with Gasteiger partial charge in [-0.1, -0.05) is 34.6 Å². The first-order valence-electron chi connectivity index (χ1n) is 8.91. The smallest absolute Gasteiger partial charge is 0.376 e. The normalized spacial score (nSPS) is 11.7. The molecule has 0 unspecified atom stereocenters. The predicted molar refractivity (Wildman–Crippen MR) is 107 cm³/mol. The number of hydrogen-bond donors (Lipinski definition) is 1. The summed E-state index contributed by atoms with van der Waals surface area (Å²) < 4.78 is 35.3. The fourth-order valence-corrected chi connectivity index (χ4v) is 3.06. The molecule has 0 saturated carbocycles. The molecule has 0 radical (unpaired) electrons. The molecule has 1 N–H and O–H groups in total. The number of rotatable bonds is 8. The van der Waals surface area contributed by atoms with Gasteiger partial charge in [-0.15, -0.1) is 0 Å². The van der Waals surface area contributed by atoms with Crippen molar-refractivity contribution in [1.29, 1.82) is 0 Å². The van der Waals surface area contributed by atoms with Crippen LogP contribution in [0.5, 0.6) is 0 Å². The van der Waals surface area contributed by atoms with Crippen molar-refractivity contribution in [2.24, 2.45) is 0 Å². The summed E-state index contributed by atoms with van der Waals surface area (Å²) in [5.41, 5.74) is 1.33. The fourth-order valence-electron chi connectivity index (χ4n) is 2.98. The summed E-state index contributed by atoms with van der Waals surface area (Å²) in [7, 11) is 1.68. The van der Waals surface area contributed by atoms with Crippen molar-refractivity contribution in [2.45, 2.75) is 18.5 Å². The number of hydrogen-bond acceptors (Lipinski definition) is 9. The van der Waals surface area contributed by atoms with Gasteiger partial charge in [-0.05, 0) is 17.2 Å². The van der Waals surface area contributed by atoms with E-state index in [1.807, 2.05) is 0 Å². The third-order valence-corrected chi connectivity index (χ3v) is 4.68. The van der Waals surface area contributed by atoms with Crippen LogP contribution in [0.4, 0.5) is 20.2 Å². The Balaban J connectivity index is 1.45. The molecule has 0 saturated heterocycles. The Hall–Kier alpha value is -3.60. The molecule has 0 amide bonds. The third-order valence-electron chi connectivity index (χ3n) is 4.52. The second kappa shape index (κ2) is 7.91. The summed E-state index contributed by atoms with van der Waals surface area (Å²) in [6, 6.07) is 6.68. The van der Waals surface area contributed by atoms with E-state index in [0.29, 0.717) is 12.1 Å². The van der Waals surface area contributed by atoms with E-state index in [4.69, 9.17) is 16.1 Å². The van der Waals surface area contributed by atoms with Crippen LogP contribution >= 0.6 is 11.6 Å². The van der Waals surface area contributed by atoms with Crippen LogP contribution in [0.2, 0.25) is 0 Å². The molecule has 12 heteroatoms. The van der Waals surface area contributed by atoms with Crippen LogP contribution < -0.4 is 21.1 Å². The number of anilines is 2. The van der Waals surface area contributed by atoms with Crippen molar-refractivity contribution in [3.8, 4) is 11.4 Å². The molecule has 0 bridgehead atoms. The van der Waals surface area contributed by atoms with E-state index in [9.17, 15) is 18.4 Å². The van der Waals surface area contributed by atoms with Crippen LogP contribution in [0.15, 0.2) is 55.4 Å². The second-order valence-electron chi connectivity index (χ2n) is 6.74. The highest BCUT2D eigenvalue weighted by Crippen LogP contribution is 2.32. The first kappa shape index (κ1) is 20.7. The topological polar surface area (TPSA) is 114 Å². The van der Waals surface area contributed by atoms with Gasteiger partial charge in [-0.3, -0.25) is 9.59 Å². The Morgan fingerprint density at radius 2 is 1.90 bits per heavy atom. The van der Waals surface area contributed by atoms with Gasteiger partial charge in [0.05, 0.1) is 6.20 Å². The van der Waals surface area contributed by atoms with Gasteiger partial charge in [0.2, 0.25) is 5.82 Å². The Morgan fingerprint density at radius 3 is 2.52 bits per heavy atom. The SMILES string of the molecule is CN(Cc1ccc(-c2noc(C(F)(F)Cl)n2)cc1)c1c(NCc2cnoc2)c(=O)c1=O. The van der Waals surface area contributed by atoms with Crippen molar-refractivity contribution in [2.75, 3.05) is 17.3 Å². The van der Waals surface area contributed by atoms with Crippen LogP contribution in [0.1, 0.15) is 17.0 Å². The summed E-state index contributed by atoms with van der Waals surface area (Å²) >= 11 is 4.87. The number of nitrogens with one attached hydrogen (secondary N) is 1. The number of halogens is 3. The van der Waals surface area contributed by atoms with Crippen molar-refractivity contribution in [3.05, 3.63) is 74.2 Å². The van der Waals surface area contributed by atoms with Gasteiger partial charge in [0, 0.05) is 31.3 Å². The van der Waals surface area contributed by atoms with Crippen molar-refractivity contribution in [3.63, 3.8) is 0 Å². The summed E-state index contributed by atoms with van der Waals surface area (Å²) in [5, 5.41) is 6.26. The summed E-state index contributed by atoms with van der Waals surface area (Å²) in [4.78, 5) is 29.2. The van der Waals surface area contributed by atoms with Gasteiger partial charge in [0.1, 0.15) is 17.6 Å². The highest BCUT2D eigenvalue weighted by atomic mass is 35.5. The number of alkyl halides is 3. The van der Waals surface area contributed by atoms with Crippen LogP contribution in [-0.4, -0.2) is 22.3 Å². The molecule has 4 rings (SSSR count). The molecule has 31 heavy (non-hydrogen) atoms. The maximum absolute atomic E-state index is 13.0. The van der Waals surface area contributed by atoms with E-state index >= 15 is 0 Å². The highest BCUT2D eigenvalue weighted by molar-refractivity contribution is 6.21. The molecular weight excluding hydrogens is 436 g/mol. The molecule has 2 aromatic heterocycles. The van der Waals surface area contributed by atoms with Crippen LogP contribution in [-0.2, 0) is 18.5 Å². The van der Waals surface area contributed by atoms with Gasteiger partial charge < -0.3 is 19.3 Å². The second-order valence-corrected chi connectivity index (χ2v) is 7.22. The predicted octanol–water partition coefficient (Wildman–Crippen LogP) is 2.86. The van der Waals surface area contributed by atoms with Gasteiger partial charge in [0.15, 0.2) is 0 Å². The van der Waals surface area contributed by atoms with Gasteiger partial charge >= 0.3 is 11.3 Å². The van der Waals surface area contributed by atoms with Crippen molar-refractivity contribution in [1.82, 2.24) is 15.3 Å². The first-order chi connectivity index (χ1) is 14.7. The zero-order chi connectivity index (χ0) is 22.2. The fraction of sp³-hybridized carbons (Fsp3) is 0.211. The maximum Gasteiger partial charge on any atom is 0.400 e. The van der Waals surface area contributed by atoms with Crippen molar-refractivity contribution >= 4 is 23.0 Å². The molecule has 0 fully saturated rings. The average Bonchev–Trinajstić information content (AvgIpc) is 3.42. The molecule has 4 aromatic rings. The first-order valence-corrected chi connectivity index (χ1v) is 9.28. The molecule has 2 heterocycles. The summed E-state index contributed by atoms with van der Waals surface area (Å²) in [6.07, 6.45) is 2.94. The Bertz CT molecular complexity index is 1260. The molecule has 0 aliphatic carbocycles. The number of benzene rings is 1. The van der Waals surface area contributed by atoms with E-state index in [2.05, 4.69) is 25.1 Å². The Labute approximate surface area is 177 Å². The molecule has 0 aliphatic heterocycles. The lowest BCUT2D eigenvalue weighted by atomic mass is 10.1.